The van der Waals surface area contributed by atoms with E-state index in [0.717, 1.165) is 5.75 Å². The quantitative estimate of drug-likeness (QED) is 0.275. The number of nitrogens with zero attached hydrogens (tertiary/aromatic N) is 1. The third-order valence-corrected chi connectivity index (χ3v) is 4.19. The number of nitrogens with one attached hydrogen (secondary N) is 2. The maximum absolute atomic E-state index is 12.3. The standard InChI is InChI=1S/C23H21N3O7/c27-22(16-33-20-11-9-18(10-12-20)26(29)30)24-25-23(28)17-5-4-8-21(15-17)32-14-13-31-19-6-2-1-3-7-19/h1-12,15H,13-14,16H2,(H,24,27)(H,25,28). The summed E-state index contributed by atoms with van der Waals surface area (Å²) in [5.41, 5.74) is 4.72. The second kappa shape index (κ2) is 11.7. The lowest BCUT2D eigenvalue weighted by Crippen LogP contribution is -2.43. The van der Waals surface area contributed by atoms with Crippen LogP contribution in [-0.2, 0) is 4.79 Å². The number of hydrogen-bond donors (Lipinski definition) is 2. The van der Waals surface area contributed by atoms with Crippen molar-refractivity contribution in [1.29, 1.82) is 0 Å². The molecule has 0 bridgehead atoms. The number of ether oxygens (including phenoxy) is 3. The van der Waals surface area contributed by atoms with Crippen LogP contribution in [0.3, 0.4) is 0 Å². The van der Waals surface area contributed by atoms with Crippen molar-refractivity contribution in [1.82, 2.24) is 10.9 Å². The molecule has 0 fully saturated rings. The van der Waals surface area contributed by atoms with E-state index in [4.69, 9.17) is 14.2 Å². The minimum Gasteiger partial charge on any atom is -0.490 e. The molecule has 0 atom stereocenters. The molecule has 3 rings (SSSR count). The van der Waals surface area contributed by atoms with Gasteiger partial charge in [0, 0.05) is 17.7 Å². The summed E-state index contributed by atoms with van der Waals surface area (Å²) >= 11 is 0. The summed E-state index contributed by atoms with van der Waals surface area (Å²) in [7, 11) is 0. The van der Waals surface area contributed by atoms with Crippen molar-refractivity contribution >= 4 is 17.5 Å². The topological polar surface area (TPSA) is 129 Å². The van der Waals surface area contributed by atoms with Crippen LogP contribution in [0, 0.1) is 10.1 Å². The highest BCUT2D eigenvalue weighted by molar-refractivity contribution is 5.95. The van der Waals surface area contributed by atoms with Crippen molar-refractivity contribution in [3.63, 3.8) is 0 Å². The molecule has 3 aromatic carbocycles. The van der Waals surface area contributed by atoms with Crippen LogP contribution in [0.1, 0.15) is 10.4 Å². The Morgan fingerprint density at radius 2 is 1.39 bits per heavy atom. The third-order valence-electron chi connectivity index (χ3n) is 4.19. The predicted octanol–water partition coefficient (Wildman–Crippen LogP) is 2.89. The van der Waals surface area contributed by atoms with Gasteiger partial charge in [-0.15, -0.1) is 0 Å². The molecule has 0 aliphatic heterocycles. The number of hydrazine groups is 1. The lowest BCUT2D eigenvalue weighted by Gasteiger charge is -2.11. The molecule has 10 heteroatoms. The maximum atomic E-state index is 12.3. The molecule has 170 valence electrons. The van der Waals surface area contributed by atoms with Crippen LogP contribution in [0.15, 0.2) is 78.9 Å². The lowest BCUT2D eigenvalue weighted by molar-refractivity contribution is -0.384. The van der Waals surface area contributed by atoms with E-state index in [9.17, 15) is 19.7 Å². The second-order valence-electron chi connectivity index (χ2n) is 6.58. The van der Waals surface area contributed by atoms with E-state index in [1.165, 1.54) is 30.3 Å². The highest BCUT2D eigenvalue weighted by Gasteiger charge is 2.10. The van der Waals surface area contributed by atoms with E-state index in [2.05, 4.69) is 10.9 Å². The van der Waals surface area contributed by atoms with Gasteiger partial charge in [-0.05, 0) is 42.5 Å². The Hall–Kier alpha value is -4.60. The zero-order chi connectivity index (χ0) is 23.5. The van der Waals surface area contributed by atoms with Crippen LogP contribution in [0.25, 0.3) is 0 Å². The normalized spacial score (nSPS) is 10.1. The molecule has 3 aromatic rings. The highest BCUT2D eigenvalue weighted by atomic mass is 16.6. The molecular weight excluding hydrogens is 430 g/mol. The molecule has 0 radical (unpaired) electrons. The number of para-hydroxylation sites is 1. The van der Waals surface area contributed by atoms with E-state index in [0.29, 0.717) is 12.4 Å². The lowest BCUT2D eigenvalue weighted by atomic mass is 10.2. The minimum atomic E-state index is -0.604. The fourth-order valence-corrected chi connectivity index (χ4v) is 2.61. The first-order chi connectivity index (χ1) is 16.0. The predicted molar refractivity (Wildman–Crippen MR) is 118 cm³/mol. The zero-order valence-corrected chi connectivity index (χ0v) is 17.4. The first-order valence-electron chi connectivity index (χ1n) is 9.88. The molecule has 0 aliphatic rings. The van der Waals surface area contributed by atoms with E-state index in [1.807, 2.05) is 30.3 Å². The van der Waals surface area contributed by atoms with Gasteiger partial charge in [-0.25, -0.2) is 0 Å². The van der Waals surface area contributed by atoms with Crippen LogP contribution >= 0.6 is 0 Å². The van der Waals surface area contributed by atoms with E-state index >= 15 is 0 Å². The van der Waals surface area contributed by atoms with Crippen LogP contribution < -0.4 is 25.1 Å². The number of amides is 2. The number of carbonyl (C=O) groups excluding carboxylic acids is 2. The van der Waals surface area contributed by atoms with E-state index in [1.54, 1.807) is 18.2 Å². The summed E-state index contributed by atoms with van der Waals surface area (Å²) in [4.78, 5) is 34.3. The average molecular weight is 451 g/mol. The van der Waals surface area contributed by atoms with E-state index < -0.39 is 16.7 Å². The number of benzene rings is 3. The van der Waals surface area contributed by atoms with Gasteiger partial charge >= 0.3 is 0 Å². The smallest absolute Gasteiger partial charge is 0.276 e. The third kappa shape index (κ3) is 7.55. The summed E-state index contributed by atoms with van der Waals surface area (Å²) in [6.07, 6.45) is 0. The fraction of sp³-hybridized carbons (Fsp3) is 0.130. The SMILES string of the molecule is O=C(COc1ccc([N+](=O)[O-])cc1)NNC(=O)c1cccc(OCCOc2ccccc2)c1. The highest BCUT2D eigenvalue weighted by Crippen LogP contribution is 2.17. The summed E-state index contributed by atoms with van der Waals surface area (Å²) in [5.74, 6) is 0.356. The Labute approximate surface area is 189 Å². The van der Waals surface area contributed by atoms with Crippen molar-refractivity contribution < 1.29 is 28.7 Å². The van der Waals surface area contributed by atoms with Gasteiger partial charge in [-0.1, -0.05) is 24.3 Å². The molecule has 2 N–H and O–H groups in total. The van der Waals surface area contributed by atoms with Crippen molar-refractivity contribution in [2.75, 3.05) is 19.8 Å². The van der Waals surface area contributed by atoms with Gasteiger partial charge in [-0.3, -0.25) is 30.6 Å². The summed E-state index contributed by atoms with van der Waals surface area (Å²) in [6, 6.07) is 21.1. The molecule has 10 nitrogen and oxygen atoms in total. The van der Waals surface area contributed by atoms with Crippen LogP contribution in [0.4, 0.5) is 5.69 Å². The summed E-state index contributed by atoms with van der Waals surface area (Å²) in [5, 5.41) is 10.6. The molecule has 33 heavy (non-hydrogen) atoms. The zero-order valence-electron chi connectivity index (χ0n) is 17.4. The Bertz CT molecular complexity index is 1090. The van der Waals surface area contributed by atoms with Gasteiger partial charge < -0.3 is 14.2 Å². The van der Waals surface area contributed by atoms with Crippen LogP contribution in [0.5, 0.6) is 17.2 Å². The second-order valence-corrected chi connectivity index (χ2v) is 6.58. The van der Waals surface area contributed by atoms with Crippen molar-refractivity contribution in [3.8, 4) is 17.2 Å². The number of carbonyl (C=O) groups is 2. The molecule has 0 saturated heterocycles. The number of nitro benzene ring substituents is 1. The van der Waals surface area contributed by atoms with Crippen molar-refractivity contribution in [2.24, 2.45) is 0 Å². The van der Waals surface area contributed by atoms with E-state index in [-0.39, 0.29) is 30.2 Å². The van der Waals surface area contributed by atoms with Gasteiger partial charge in [0.2, 0.25) is 0 Å². The van der Waals surface area contributed by atoms with Gasteiger partial charge in [0.25, 0.3) is 17.5 Å². The van der Waals surface area contributed by atoms with Crippen molar-refractivity contribution in [3.05, 3.63) is 94.5 Å². The molecule has 2 amide bonds. The summed E-state index contributed by atoms with van der Waals surface area (Å²) in [6.45, 7) is 0.241. The molecule has 0 heterocycles. The van der Waals surface area contributed by atoms with Gasteiger partial charge in [-0.2, -0.15) is 0 Å². The average Bonchev–Trinajstić information content (AvgIpc) is 2.85. The Morgan fingerprint density at radius 3 is 2.09 bits per heavy atom. The first-order valence-corrected chi connectivity index (χ1v) is 9.88. The Kier molecular flexibility index (Phi) is 8.18. The fourth-order valence-electron chi connectivity index (χ4n) is 2.61. The summed E-state index contributed by atoms with van der Waals surface area (Å²) < 4.78 is 16.4. The van der Waals surface area contributed by atoms with Crippen molar-refractivity contribution in [2.45, 2.75) is 0 Å². The number of hydrogen-bond acceptors (Lipinski definition) is 7. The number of rotatable bonds is 10. The minimum absolute atomic E-state index is 0.0889. The molecule has 0 unspecified atom stereocenters. The molecular formula is C23H21N3O7. The van der Waals surface area contributed by atoms with Gasteiger partial charge in [0.05, 0.1) is 4.92 Å². The van der Waals surface area contributed by atoms with Gasteiger partial charge in [0.15, 0.2) is 6.61 Å². The molecule has 0 aliphatic carbocycles. The Balaban J connectivity index is 1.39. The number of nitro groups is 1. The van der Waals surface area contributed by atoms with Crippen LogP contribution in [-0.4, -0.2) is 36.6 Å². The molecule has 0 saturated carbocycles. The molecule has 0 spiro atoms. The maximum Gasteiger partial charge on any atom is 0.276 e. The van der Waals surface area contributed by atoms with Gasteiger partial charge in [0.1, 0.15) is 30.5 Å². The Morgan fingerprint density at radius 1 is 0.758 bits per heavy atom. The number of non-ortho nitro benzene ring substituents is 1. The van der Waals surface area contributed by atoms with Crippen LogP contribution in [0.2, 0.25) is 0 Å². The first kappa shape index (κ1) is 23.1. The molecule has 0 aromatic heterocycles. The largest absolute Gasteiger partial charge is 0.490 e. The monoisotopic (exact) mass is 451 g/mol.